The fraction of sp³-hybridized carbons (Fsp3) is 0.400. The molecule has 3 aromatic rings. The number of aromatic nitrogens is 3. The SMILES string of the molecule is Cc1cn(-c2ccc3n(c2=O)CCN(CCOc2ccc(Cl)cc2C24CC(F)(C2)C4)C3=O)cn1. The largest absolute Gasteiger partial charge is 0.491 e. The number of aryl methyl sites for hydroxylation is 1. The van der Waals surface area contributed by atoms with Gasteiger partial charge in [-0.15, -0.1) is 0 Å². The lowest BCUT2D eigenvalue weighted by atomic mass is 9.40. The number of amides is 1. The highest BCUT2D eigenvalue weighted by atomic mass is 35.5. The molecule has 3 fully saturated rings. The van der Waals surface area contributed by atoms with Gasteiger partial charge >= 0.3 is 0 Å². The molecule has 2 bridgehead atoms. The van der Waals surface area contributed by atoms with E-state index in [0.717, 1.165) is 11.3 Å². The van der Waals surface area contributed by atoms with Crippen molar-refractivity contribution < 1.29 is 13.9 Å². The number of hydrogen-bond acceptors (Lipinski definition) is 4. The average Bonchev–Trinajstić information content (AvgIpc) is 3.20. The van der Waals surface area contributed by atoms with Gasteiger partial charge in [0.15, 0.2) is 0 Å². The third-order valence-electron chi connectivity index (χ3n) is 7.34. The molecule has 4 aliphatic rings. The standard InChI is InChI=1S/C25H24ClFN4O3/c1-16-11-30(15-28-16)19-3-4-20-22(32)29(6-7-31(20)23(19)33)8-9-34-21-5-2-17(26)10-18(21)24-12-25(27,13-24)14-24/h2-5,10-11,15H,6-9,12-14H2,1H3. The Labute approximate surface area is 200 Å². The monoisotopic (exact) mass is 482 g/mol. The number of halogens is 2. The van der Waals surface area contributed by atoms with Gasteiger partial charge in [0.25, 0.3) is 11.5 Å². The second-order valence-electron chi connectivity index (χ2n) is 9.73. The number of benzene rings is 1. The van der Waals surface area contributed by atoms with Crippen molar-refractivity contribution in [2.24, 2.45) is 0 Å². The normalized spacial score (nSPS) is 24.9. The molecule has 176 valence electrons. The zero-order valence-corrected chi connectivity index (χ0v) is 19.5. The highest BCUT2D eigenvalue weighted by molar-refractivity contribution is 6.30. The molecule has 1 amide bonds. The van der Waals surface area contributed by atoms with E-state index in [1.165, 1.54) is 4.57 Å². The molecule has 0 radical (unpaired) electrons. The summed E-state index contributed by atoms with van der Waals surface area (Å²) < 4.78 is 23.4. The molecule has 9 heteroatoms. The van der Waals surface area contributed by atoms with E-state index in [1.807, 2.05) is 19.1 Å². The summed E-state index contributed by atoms with van der Waals surface area (Å²) in [6.45, 7) is 3.37. The minimum Gasteiger partial charge on any atom is -0.491 e. The van der Waals surface area contributed by atoms with E-state index >= 15 is 0 Å². The molecule has 0 N–H and O–H groups in total. The molecule has 0 spiro atoms. The van der Waals surface area contributed by atoms with Crippen molar-refractivity contribution in [3.63, 3.8) is 0 Å². The Morgan fingerprint density at radius 3 is 2.65 bits per heavy atom. The van der Waals surface area contributed by atoms with Crippen LogP contribution in [0.5, 0.6) is 5.75 Å². The van der Waals surface area contributed by atoms with E-state index in [2.05, 4.69) is 4.98 Å². The average molecular weight is 483 g/mol. The Balaban J connectivity index is 1.15. The Kier molecular flexibility index (Phi) is 4.68. The Hall–Kier alpha value is -3.13. The van der Waals surface area contributed by atoms with Gasteiger partial charge in [0.1, 0.15) is 29.4 Å². The van der Waals surface area contributed by atoms with Gasteiger partial charge in [-0.3, -0.25) is 9.59 Å². The van der Waals surface area contributed by atoms with Crippen LogP contribution in [0.4, 0.5) is 4.39 Å². The van der Waals surface area contributed by atoms with Crippen molar-refractivity contribution >= 4 is 17.5 Å². The van der Waals surface area contributed by atoms with Gasteiger partial charge in [-0.2, -0.15) is 0 Å². The number of ether oxygens (including phenoxy) is 1. The Morgan fingerprint density at radius 1 is 1.15 bits per heavy atom. The topological polar surface area (TPSA) is 69.4 Å². The maximum atomic E-state index is 14.1. The van der Waals surface area contributed by atoms with E-state index in [-0.39, 0.29) is 16.9 Å². The summed E-state index contributed by atoms with van der Waals surface area (Å²) in [4.78, 5) is 31.9. The number of carbonyl (C=O) groups excluding carboxylic acids is 1. The van der Waals surface area contributed by atoms with E-state index in [4.69, 9.17) is 16.3 Å². The van der Waals surface area contributed by atoms with Crippen molar-refractivity contribution in [3.8, 4) is 11.4 Å². The third-order valence-corrected chi connectivity index (χ3v) is 7.58. The smallest absolute Gasteiger partial charge is 0.275 e. The molecule has 0 unspecified atom stereocenters. The number of carbonyl (C=O) groups is 1. The van der Waals surface area contributed by atoms with E-state index in [0.29, 0.717) is 67.7 Å². The highest BCUT2D eigenvalue weighted by Crippen LogP contribution is 2.71. The molecular weight excluding hydrogens is 459 g/mol. The minimum absolute atomic E-state index is 0.165. The zero-order valence-electron chi connectivity index (χ0n) is 18.8. The summed E-state index contributed by atoms with van der Waals surface area (Å²) in [6.07, 6.45) is 4.94. The summed E-state index contributed by atoms with van der Waals surface area (Å²) in [6, 6.07) is 8.83. The first kappa shape index (κ1) is 21.4. The summed E-state index contributed by atoms with van der Waals surface area (Å²) in [5, 5.41) is 0.610. The Morgan fingerprint density at radius 2 is 1.94 bits per heavy atom. The lowest BCUT2D eigenvalue weighted by molar-refractivity contribution is -0.158. The predicted molar refractivity (Wildman–Crippen MR) is 125 cm³/mol. The lowest BCUT2D eigenvalue weighted by Gasteiger charge is -2.66. The van der Waals surface area contributed by atoms with Crippen LogP contribution in [-0.2, 0) is 12.0 Å². The van der Waals surface area contributed by atoms with Gasteiger partial charge in [0, 0.05) is 35.3 Å². The predicted octanol–water partition coefficient (Wildman–Crippen LogP) is 3.67. The number of nitrogens with zero attached hydrogens (tertiary/aromatic N) is 4. The molecule has 3 saturated carbocycles. The van der Waals surface area contributed by atoms with Crippen LogP contribution < -0.4 is 10.3 Å². The van der Waals surface area contributed by atoms with Crippen LogP contribution in [0, 0.1) is 6.92 Å². The fourth-order valence-electron chi connectivity index (χ4n) is 5.68. The molecular formula is C25H24ClFN4O3. The summed E-state index contributed by atoms with van der Waals surface area (Å²) in [7, 11) is 0. The van der Waals surface area contributed by atoms with Crippen LogP contribution in [-0.4, -0.2) is 50.3 Å². The molecule has 0 atom stereocenters. The van der Waals surface area contributed by atoms with Crippen LogP contribution in [0.3, 0.4) is 0 Å². The number of fused-ring (bicyclic) bond motifs is 1. The first-order chi connectivity index (χ1) is 16.3. The van der Waals surface area contributed by atoms with Crippen LogP contribution >= 0.6 is 11.6 Å². The molecule has 7 rings (SSSR count). The lowest BCUT2D eigenvalue weighted by Crippen LogP contribution is -2.67. The van der Waals surface area contributed by atoms with E-state index < -0.39 is 5.67 Å². The first-order valence-corrected chi connectivity index (χ1v) is 11.8. The Bertz CT molecular complexity index is 1360. The maximum absolute atomic E-state index is 14.1. The number of imidazole rings is 1. The molecule has 1 aliphatic heterocycles. The van der Waals surface area contributed by atoms with E-state index in [1.54, 1.807) is 40.2 Å². The van der Waals surface area contributed by atoms with Gasteiger partial charge in [-0.05, 0) is 56.5 Å². The molecule has 3 aliphatic carbocycles. The van der Waals surface area contributed by atoms with Crippen LogP contribution in [0.25, 0.3) is 5.69 Å². The highest BCUT2D eigenvalue weighted by Gasteiger charge is 2.70. The zero-order chi connectivity index (χ0) is 23.7. The molecule has 34 heavy (non-hydrogen) atoms. The van der Waals surface area contributed by atoms with Crippen molar-refractivity contribution in [2.45, 2.75) is 43.8 Å². The summed E-state index contributed by atoms with van der Waals surface area (Å²) in [5.41, 5.74) is 1.21. The van der Waals surface area contributed by atoms with Gasteiger partial charge in [-0.1, -0.05) is 11.6 Å². The van der Waals surface area contributed by atoms with Gasteiger partial charge in [0.05, 0.1) is 18.6 Å². The third kappa shape index (κ3) is 3.27. The van der Waals surface area contributed by atoms with Crippen LogP contribution in [0.1, 0.15) is 41.0 Å². The first-order valence-electron chi connectivity index (χ1n) is 11.4. The quantitative estimate of drug-likeness (QED) is 0.537. The van der Waals surface area contributed by atoms with Crippen LogP contribution in [0.15, 0.2) is 47.7 Å². The number of rotatable bonds is 6. The van der Waals surface area contributed by atoms with Crippen LogP contribution in [0.2, 0.25) is 5.02 Å². The van der Waals surface area contributed by atoms with Crippen molar-refractivity contribution in [2.75, 3.05) is 19.7 Å². The number of pyridine rings is 1. The maximum Gasteiger partial charge on any atom is 0.275 e. The van der Waals surface area contributed by atoms with Gasteiger partial charge in [0.2, 0.25) is 0 Å². The molecule has 3 heterocycles. The second kappa shape index (κ2) is 7.43. The minimum atomic E-state index is -1.01. The van der Waals surface area contributed by atoms with Crippen molar-refractivity contribution in [1.82, 2.24) is 19.0 Å². The number of hydrogen-bond donors (Lipinski definition) is 0. The van der Waals surface area contributed by atoms with Gasteiger partial charge in [-0.25, -0.2) is 9.37 Å². The number of alkyl halides is 1. The fourth-order valence-corrected chi connectivity index (χ4v) is 5.85. The summed E-state index contributed by atoms with van der Waals surface area (Å²) >= 11 is 6.21. The van der Waals surface area contributed by atoms with Crippen molar-refractivity contribution in [3.05, 3.63) is 75.2 Å². The molecule has 1 aromatic carbocycles. The van der Waals surface area contributed by atoms with Crippen molar-refractivity contribution in [1.29, 1.82) is 0 Å². The van der Waals surface area contributed by atoms with E-state index in [9.17, 15) is 14.0 Å². The second-order valence-corrected chi connectivity index (χ2v) is 10.2. The summed E-state index contributed by atoms with van der Waals surface area (Å²) in [5.74, 6) is 0.503. The van der Waals surface area contributed by atoms with Gasteiger partial charge < -0.3 is 18.8 Å². The molecule has 0 saturated heterocycles. The molecule has 2 aromatic heterocycles. The molecule has 7 nitrogen and oxygen atoms in total.